The first-order chi connectivity index (χ1) is 10.1. The van der Waals surface area contributed by atoms with Crippen LogP contribution in [-0.4, -0.2) is 18.1 Å². The van der Waals surface area contributed by atoms with E-state index in [4.69, 9.17) is 9.15 Å². The van der Waals surface area contributed by atoms with Crippen LogP contribution in [0.4, 0.5) is 4.79 Å². The van der Waals surface area contributed by atoms with Crippen LogP contribution in [0.2, 0.25) is 0 Å². The van der Waals surface area contributed by atoms with E-state index in [1.54, 1.807) is 19.4 Å². The van der Waals surface area contributed by atoms with Gasteiger partial charge in [-0.2, -0.15) is 0 Å². The maximum absolute atomic E-state index is 11.9. The second-order valence-corrected chi connectivity index (χ2v) is 4.67. The summed E-state index contributed by atoms with van der Waals surface area (Å²) in [5, 5.41) is 5.58. The minimum absolute atomic E-state index is 0.200. The molecule has 2 heterocycles. The zero-order valence-corrected chi connectivity index (χ0v) is 12.3. The van der Waals surface area contributed by atoms with Crippen molar-refractivity contribution in [2.75, 3.05) is 7.11 Å². The molecule has 0 spiro atoms. The Balaban J connectivity index is 1.87. The summed E-state index contributed by atoms with van der Waals surface area (Å²) >= 11 is 0. The number of amides is 2. The molecule has 0 saturated heterocycles. The highest BCUT2D eigenvalue weighted by Crippen LogP contribution is 2.16. The van der Waals surface area contributed by atoms with Gasteiger partial charge in [-0.05, 0) is 32.0 Å². The number of furan rings is 1. The molecule has 21 heavy (non-hydrogen) atoms. The Morgan fingerprint density at radius 2 is 2.24 bits per heavy atom. The van der Waals surface area contributed by atoms with E-state index in [0.717, 1.165) is 17.1 Å². The first-order valence-electron chi connectivity index (χ1n) is 6.68. The third kappa shape index (κ3) is 3.98. The van der Waals surface area contributed by atoms with E-state index in [0.29, 0.717) is 12.4 Å². The number of rotatable bonds is 5. The van der Waals surface area contributed by atoms with Crippen molar-refractivity contribution in [2.24, 2.45) is 0 Å². The number of carbonyl (C=O) groups excluding carboxylic acids is 1. The number of aromatic nitrogens is 1. The lowest BCUT2D eigenvalue weighted by molar-refractivity contribution is 0.235. The predicted octanol–water partition coefficient (Wildman–Crippen LogP) is 2.55. The van der Waals surface area contributed by atoms with Gasteiger partial charge in [0.2, 0.25) is 5.88 Å². The quantitative estimate of drug-likeness (QED) is 0.887. The molecule has 6 nitrogen and oxygen atoms in total. The highest BCUT2D eigenvalue weighted by Gasteiger charge is 2.13. The van der Waals surface area contributed by atoms with E-state index < -0.39 is 0 Å². The number of nitrogens with zero attached hydrogens (tertiary/aromatic N) is 1. The Bertz CT molecular complexity index is 610. The summed E-state index contributed by atoms with van der Waals surface area (Å²) < 4.78 is 10.6. The highest BCUT2D eigenvalue weighted by molar-refractivity contribution is 5.74. The van der Waals surface area contributed by atoms with Crippen molar-refractivity contribution in [3.05, 3.63) is 47.5 Å². The van der Waals surface area contributed by atoms with Gasteiger partial charge in [-0.15, -0.1) is 0 Å². The molecule has 1 atom stereocenters. The minimum Gasteiger partial charge on any atom is -0.481 e. The van der Waals surface area contributed by atoms with Crippen molar-refractivity contribution in [3.63, 3.8) is 0 Å². The number of hydrogen-bond acceptors (Lipinski definition) is 4. The highest BCUT2D eigenvalue weighted by atomic mass is 16.5. The second-order valence-electron chi connectivity index (χ2n) is 4.67. The van der Waals surface area contributed by atoms with Crippen LogP contribution in [0.3, 0.4) is 0 Å². The van der Waals surface area contributed by atoms with E-state index in [1.807, 2.05) is 32.0 Å². The Kier molecular flexibility index (Phi) is 4.81. The maximum Gasteiger partial charge on any atom is 0.315 e. The van der Waals surface area contributed by atoms with Crippen molar-refractivity contribution in [2.45, 2.75) is 26.4 Å². The van der Waals surface area contributed by atoms with Crippen LogP contribution < -0.4 is 15.4 Å². The molecule has 6 heteroatoms. The summed E-state index contributed by atoms with van der Waals surface area (Å²) in [5.41, 5.74) is 0.816. The molecule has 2 aromatic rings. The lowest BCUT2D eigenvalue weighted by atomic mass is 10.2. The molecule has 0 fully saturated rings. The maximum atomic E-state index is 11.9. The molecule has 0 aliphatic heterocycles. The number of hydrogen-bond donors (Lipinski definition) is 2. The molecule has 0 aromatic carbocycles. The summed E-state index contributed by atoms with van der Waals surface area (Å²) in [6.45, 7) is 4.07. The number of aryl methyl sites for hydroxylation is 1. The molecular formula is C15H19N3O3. The Labute approximate surface area is 123 Å². The van der Waals surface area contributed by atoms with E-state index in [-0.39, 0.29) is 12.1 Å². The molecule has 2 rings (SSSR count). The number of carbonyl (C=O) groups is 1. The third-order valence-corrected chi connectivity index (χ3v) is 3.02. The molecule has 0 unspecified atom stereocenters. The summed E-state index contributed by atoms with van der Waals surface area (Å²) in [6, 6.07) is 6.89. The molecule has 2 aromatic heterocycles. The number of ether oxygens (including phenoxy) is 1. The fraction of sp³-hybridized carbons (Fsp3) is 0.333. The summed E-state index contributed by atoms with van der Waals surface area (Å²) in [4.78, 5) is 16.0. The summed E-state index contributed by atoms with van der Waals surface area (Å²) in [6.07, 6.45) is 1.64. The Hall–Kier alpha value is -2.50. The van der Waals surface area contributed by atoms with Crippen LogP contribution in [0.5, 0.6) is 5.88 Å². The molecule has 0 aliphatic rings. The SMILES string of the molecule is COc1ncccc1CNC(=O)N[C@H](C)c1ccc(C)o1. The van der Waals surface area contributed by atoms with Gasteiger partial charge < -0.3 is 19.8 Å². The molecule has 112 valence electrons. The monoisotopic (exact) mass is 289 g/mol. The molecule has 0 saturated carbocycles. The zero-order valence-electron chi connectivity index (χ0n) is 12.3. The zero-order chi connectivity index (χ0) is 15.2. The average Bonchev–Trinajstić information content (AvgIpc) is 2.92. The molecule has 2 amide bonds. The summed E-state index contributed by atoms with van der Waals surface area (Å²) in [7, 11) is 1.55. The van der Waals surface area contributed by atoms with Gasteiger partial charge >= 0.3 is 6.03 Å². The van der Waals surface area contributed by atoms with Gasteiger partial charge in [0.05, 0.1) is 13.2 Å². The van der Waals surface area contributed by atoms with Gasteiger partial charge in [-0.1, -0.05) is 6.07 Å². The van der Waals surface area contributed by atoms with Crippen LogP contribution in [0.1, 0.15) is 30.0 Å². The molecule has 0 radical (unpaired) electrons. The van der Waals surface area contributed by atoms with Crippen molar-refractivity contribution in [1.29, 1.82) is 0 Å². The number of pyridine rings is 1. The first-order valence-corrected chi connectivity index (χ1v) is 6.68. The molecule has 0 aliphatic carbocycles. The van der Waals surface area contributed by atoms with Crippen LogP contribution in [0, 0.1) is 6.92 Å². The van der Waals surface area contributed by atoms with Crippen LogP contribution in [0.15, 0.2) is 34.9 Å². The Morgan fingerprint density at radius 1 is 1.43 bits per heavy atom. The number of methoxy groups -OCH3 is 1. The van der Waals surface area contributed by atoms with Crippen molar-refractivity contribution in [1.82, 2.24) is 15.6 Å². The predicted molar refractivity (Wildman–Crippen MR) is 78.0 cm³/mol. The van der Waals surface area contributed by atoms with Gasteiger partial charge in [-0.25, -0.2) is 9.78 Å². The third-order valence-electron chi connectivity index (χ3n) is 3.02. The van der Waals surface area contributed by atoms with E-state index in [1.165, 1.54) is 0 Å². The van der Waals surface area contributed by atoms with E-state index >= 15 is 0 Å². The van der Waals surface area contributed by atoms with Crippen molar-refractivity contribution >= 4 is 6.03 Å². The largest absolute Gasteiger partial charge is 0.481 e. The summed E-state index contributed by atoms with van der Waals surface area (Å²) in [5.74, 6) is 2.05. The van der Waals surface area contributed by atoms with Crippen LogP contribution in [-0.2, 0) is 6.54 Å². The van der Waals surface area contributed by atoms with Gasteiger partial charge in [0, 0.05) is 18.3 Å². The standard InChI is InChI=1S/C15H19N3O3/c1-10-6-7-13(21-10)11(2)18-15(19)17-9-12-5-4-8-16-14(12)20-3/h4-8,11H,9H2,1-3H3,(H2,17,18,19)/t11-/m1/s1. The van der Waals surface area contributed by atoms with Crippen molar-refractivity contribution in [3.8, 4) is 5.88 Å². The van der Waals surface area contributed by atoms with Gasteiger partial charge in [0.25, 0.3) is 0 Å². The van der Waals surface area contributed by atoms with E-state index in [9.17, 15) is 4.79 Å². The Morgan fingerprint density at radius 3 is 2.90 bits per heavy atom. The average molecular weight is 289 g/mol. The van der Waals surface area contributed by atoms with Gasteiger partial charge in [0.1, 0.15) is 11.5 Å². The lowest BCUT2D eigenvalue weighted by Gasteiger charge is -2.13. The first kappa shape index (κ1) is 14.9. The topological polar surface area (TPSA) is 76.4 Å². The minimum atomic E-state index is -0.276. The van der Waals surface area contributed by atoms with Gasteiger partial charge in [0.15, 0.2) is 0 Å². The number of nitrogens with one attached hydrogen (secondary N) is 2. The van der Waals surface area contributed by atoms with Crippen molar-refractivity contribution < 1.29 is 13.9 Å². The van der Waals surface area contributed by atoms with Crippen LogP contribution in [0.25, 0.3) is 0 Å². The fourth-order valence-corrected chi connectivity index (χ4v) is 1.92. The lowest BCUT2D eigenvalue weighted by Crippen LogP contribution is -2.36. The normalized spacial score (nSPS) is 11.8. The number of urea groups is 1. The molecule has 2 N–H and O–H groups in total. The second kappa shape index (κ2) is 6.78. The van der Waals surface area contributed by atoms with Crippen LogP contribution >= 0.6 is 0 Å². The molecule has 0 bridgehead atoms. The van der Waals surface area contributed by atoms with Gasteiger partial charge in [-0.3, -0.25) is 0 Å². The van der Waals surface area contributed by atoms with E-state index in [2.05, 4.69) is 15.6 Å². The fourth-order valence-electron chi connectivity index (χ4n) is 1.92. The molecular weight excluding hydrogens is 270 g/mol. The smallest absolute Gasteiger partial charge is 0.315 e.